The molecule has 2 aromatic rings. The lowest BCUT2D eigenvalue weighted by Crippen LogP contribution is -2.49. The minimum atomic E-state index is -3.44. The van der Waals surface area contributed by atoms with Crippen molar-refractivity contribution >= 4 is 27.5 Å². The molecule has 1 saturated heterocycles. The van der Waals surface area contributed by atoms with Gasteiger partial charge in [-0.15, -0.1) is 0 Å². The van der Waals surface area contributed by atoms with Gasteiger partial charge in [0.2, 0.25) is 10.0 Å². The summed E-state index contributed by atoms with van der Waals surface area (Å²) in [7, 11) is -0.432. The first kappa shape index (κ1) is 22.6. The van der Waals surface area contributed by atoms with Gasteiger partial charge in [-0.2, -0.15) is 0 Å². The lowest BCUT2D eigenvalue weighted by molar-refractivity contribution is 0.0620. The minimum Gasteiger partial charge on any atom is -0.492 e. The first-order valence-electron chi connectivity index (χ1n) is 9.70. The third-order valence-corrected chi connectivity index (χ3v) is 7.07. The SMILES string of the molecule is CN(C)S(=O)(=O)c1ccc(OCCN2CCN(C(=O)c3cccc(Cl)c3)CC2)cc1. The second-order valence-electron chi connectivity index (χ2n) is 7.25. The van der Waals surface area contributed by atoms with Crippen LogP contribution in [0.2, 0.25) is 5.02 Å². The number of carbonyl (C=O) groups is 1. The molecule has 9 heteroatoms. The number of carbonyl (C=O) groups excluding carboxylic acids is 1. The van der Waals surface area contributed by atoms with Crippen LogP contribution in [-0.4, -0.2) is 81.9 Å². The van der Waals surface area contributed by atoms with Crippen LogP contribution in [0.4, 0.5) is 0 Å². The zero-order chi connectivity index (χ0) is 21.7. The molecule has 0 atom stereocenters. The third kappa shape index (κ3) is 5.51. The normalized spacial score (nSPS) is 15.4. The molecule has 1 amide bonds. The maximum Gasteiger partial charge on any atom is 0.253 e. The van der Waals surface area contributed by atoms with Crippen molar-refractivity contribution in [1.29, 1.82) is 0 Å². The summed E-state index contributed by atoms with van der Waals surface area (Å²) in [4.78, 5) is 16.9. The zero-order valence-electron chi connectivity index (χ0n) is 17.1. The molecule has 0 unspecified atom stereocenters. The Bertz CT molecular complexity index is 972. The first-order valence-corrected chi connectivity index (χ1v) is 11.5. The number of nitrogens with zero attached hydrogens (tertiary/aromatic N) is 3. The predicted octanol–water partition coefficient (Wildman–Crippen LogP) is 2.43. The fourth-order valence-electron chi connectivity index (χ4n) is 3.19. The largest absolute Gasteiger partial charge is 0.492 e. The summed E-state index contributed by atoms with van der Waals surface area (Å²) < 4.78 is 31.1. The molecule has 162 valence electrons. The number of hydrogen-bond donors (Lipinski definition) is 0. The first-order chi connectivity index (χ1) is 14.3. The molecular formula is C21H26ClN3O4S. The average Bonchev–Trinajstić information content (AvgIpc) is 2.74. The summed E-state index contributed by atoms with van der Waals surface area (Å²) in [5.74, 6) is 0.628. The summed E-state index contributed by atoms with van der Waals surface area (Å²) in [5.41, 5.74) is 0.610. The van der Waals surface area contributed by atoms with E-state index < -0.39 is 10.0 Å². The molecule has 0 N–H and O–H groups in total. The van der Waals surface area contributed by atoms with Crippen molar-refractivity contribution in [1.82, 2.24) is 14.1 Å². The number of halogens is 1. The monoisotopic (exact) mass is 451 g/mol. The number of piperazine rings is 1. The van der Waals surface area contributed by atoms with Gasteiger partial charge in [-0.25, -0.2) is 12.7 Å². The van der Waals surface area contributed by atoms with Crippen molar-refractivity contribution < 1.29 is 17.9 Å². The van der Waals surface area contributed by atoms with Crippen LogP contribution in [0, 0.1) is 0 Å². The Balaban J connectivity index is 1.43. The summed E-state index contributed by atoms with van der Waals surface area (Å²) in [6, 6.07) is 13.4. The molecule has 3 rings (SSSR count). The molecule has 0 bridgehead atoms. The number of sulfonamides is 1. The van der Waals surface area contributed by atoms with E-state index in [4.69, 9.17) is 16.3 Å². The number of ether oxygens (including phenoxy) is 1. The molecular weight excluding hydrogens is 426 g/mol. The van der Waals surface area contributed by atoms with Crippen molar-refractivity contribution in [3.63, 3.8) is 0 Å². The fourth-order valence-corrected chi connectivity index (χ4v) is 4.28. The van der Waals surface area contributed by atoms with Crippen LogP contribution in [0.25, 0.3) is 0 Å². The van der Waals surface area contributed by atoms with Gasteiger partial charge in [-0.3, -0.25) is 9.69 Å². The van der Waals surface area contributed by atoms with Crippen molar-refractivity contribution in [3.05, 3.63) is 59.1 Å². The number of hydrogen-bond acceptors (Lipinski definition) is 5. The highest BCUT2D eigenvalue weighted by molar-refractivity contribution is 7.89. The standard InChI is InChI=1S/C21H26ClN3O4S/c1-23(2)30(27,28)20-8-6-19(7-9-20)29-15-14-24-10-12-25(13-11-24)21(26)17-4-3-5-18(22)16-17/h3-9,16H,10-15H2,1-2H3. The van der Waals surface area contributed by atoms with Crippen molar-refractivity contribution in [2.75, 3.05) is 53.4 Å². The van der Waals surface area contributed by atoms with Gasteiger partial charge in [0.15, 0.2) is 0 Å². The molecule has 30 heavy (non-hydrogen) atoms. The van der Waals surface area contributed by atoms with E-state index >= 15 is 0 Å². The molecule has 0 radical (unpaired) electrons. The average molecular weight is 452 g/mol. The summed E-state index contributed by atoms with van der Waals surface area (Å²) in [6.45, 7) is 4.08. The van der Waals surface area contributed by atoms with Crippen molar-refractivity contribution in [2.45, 2.75) is 4.90 Å². The van der Waals surface area contributed by atoms with E-state index in [0.717, 1.165) is 19.6 Å². The second kappa shape index (κ2) is 9.78. The van der Waals surface area contributed by atoms with E-state index in [0.29, 0.717) is 36.0 Å². The Kier molecular flexibility index (Phi) is 7.36. The van der Waals surface area contributed by atoms with E-state index in [2.05, 4.69) is 4.90 Å². The Morgan fingerprint density at radius 1 is 1.07 bits per heavy atom. The molecule has 1 aliphatic rings. The lowest BCUT2D eigenvalue weighted by atomic mass is 10.2. The van der Waals surface area contributed by atoms with Gasteiger partial charge in [0.1, 0.15) is 12.4 Å². The second-order valence-corrected chi connectivity index (χ2v) is 9.84. The van der Waals surface area contributed by atoms with E-state index in [1.165, 1.54) is 18.4 Å². The minimum absolute atomic E-state index is 0.00108. The van der Waals surface area contributed by atoms with Gasteiger partial charge in [0.05, 0.1) is 4.90 Å². The Morgan fingerprint density at radius 2 is 1.73 bits per heavy atom. The summed E-state index contributed by atoms with van der Waals surface area (Å²) >= 11 is 5.98. The van der Waals surface area contributed by atoms with Gasteiger partial charge in [-0.1, -0.05) is 17.7 Å². The maximum absolute atomic E-state index is 12.6. The van der Waals surface area contributed by atoms with E-state index in [9.17, 15) is 13.2 Å². The number of benzene rings is 2. The van der Waals surface area contributed by atoms with Gasteiger partial charge in [0.25, 0.3) is 5.91 Å². The van der Waals surface area contributed by atoms with Crippen LogP contribution in [0.3, 0.4) is 0 Å². The molecule has 1 aliphatic heterocycles. The molecule has 0 saturated carbocycles. The smallest absolute Gasteiger partial charge is 0.253 e. The van der Waals surface area contributed by atoms with Crippen LogP contribution in [0.15, 0.2) is 53.4 Å². The molecule has 0 aliphatic carbocycles. The van der Waals surface area contributed by atoms with Crippen LogP contribution in [0.1, 0.15) is 10.4 Å². The topological polar surface area (TPSA) is 70.2 Å². The Hall–Kier alpha value is -2.13. The van der Waals surface area contributed by atoms with Crippen LogP contribution >= 0.6 is 11.6 Å². The van der Waals surface area contributed by atoms with E-state index in [1.54, 1.807) is 48.5 Å². The van der Waals surface area contributed by atoms with Gasteiger partial charge >= 0.3 is 0 Å². The zero-order valence-corrected chi connectivity index (χ0v) is 18.7. The molecule has 7 nitrogen and oxygen atoms in total. The highest BCUT2D eigenvalue weighted by atomic mass is 35.5. The van der Waals surface area contributed by atoms with Crippen LogP contribution < -0.4 is 4.74 Å². The summed E-state index contributed by atoms with van der Waals surface area (Å²) in [5, 5.41) is 0.559. The number of rotatable bonds is 7. The highest BCUT2D eigenvalue weighted by Gasteiger charge is 2.22. The quantitative estimate of drug-likeness (QED) is 0.646. The fraction of sp³-hybridized carbons (Fsp3) is 0.381. The van der Waals surface area contributed by atoms with Crippen molar-refractivity contribution in [3.8, 4) is 5.75 Å². The van der Waals surface area contributed by atoms with Crippen molar-refractivity contribution in [2.24, 2.45) is 0 Å². The molecule has 0 aromatic heterocycles. The Labute approximate surface area is 182 Å². The van der Waals surface area contributed by atoms with Crippen LogP contribution in [0.5, 0.6) is 5.75 Å². The van der Waals surface area contributed by atoms with Gasteiger partial charge in [-0.05, 0) is 42.5 Å². The van der Waals surface area contributed by atoms with Gasteiger partial charge < -0.3 is 9.64 Å². The maximum atomic E-state index is 12.6. The Morgan fingerprint density at radius 3 is 2.33 bits per heavy atom. The molecule has 1 heterocycles. The number of amides is 1. The predicted molar refractivity (Wildman–Crippen MR) is 117 cm³/mol. The molecule has 0 spiro atoms. The highest BCUT2D eigenvalue weighted by Crippen LogP contribution is 2.18. The lowest BCUT2D eigenvalue weighted by Gasteiger charge is -2.34. The van der Waals surface area contributed by atoms with E-state index in [-0.39, 0.29) is 10.8 Å². The third-order valence-electron chi connectivity index (χ3n) is 5.01. The molecule has 1 fully saturated rings. The molecule has 2 aromatic carbocycles. The van der Waals surface area contributed by atoms with Gasteiger partial charge in [0, 0.05) is 57.4 Å². The summed E-state index contributed by atoms with van der Waals surface area (Å²) in [6.07, 6.45) is 0. The van der Waals surface area contributed by atoms with Crippen LogP contribution in [-0.2, 0) is 10.0 Å². The van der Waals surface area contributed by atoms with E-state index in [1.807, 2.05) is 4.90 Å².